The lowest BCUT2D eigenvalue weighted by Crippen LogP contribution is -2.39. The van der Waals surface area contributed by atoms with Crippen LogP contribution in [0, 0.1) is 11.8 Å². The summed E-state index contributed by atoms with van der Waals surface area (Å²) >= 11 is 0. The Balaban J connectivity index is 1.87. The molecule has 0 amide bonds. The highest BCUT2D eigenvalue weighted by Crippen LogP contribution is 2.19. The maximum absolute atomic E-state index is 4.47. The Labute approximate surface area is 129 Å². The number of aromatic nitrogens is 3. The molecule has 2 rings (SSSR count). The maximum Gasteiger partial charge on any atom is 0.141 e. The fourth-order valence-corrected chi connectivity index (χ4v) is 2.96. The first-order chi connectivity index (χ1) is 10.1. The number of rotatable bonds is 8. The lowest BCUT2D eigenvalue weighted by atomic mass is 10.2. The largest absolute Gasteiger partial charge is 0.315 e. The SMILES string of the molecule is CC(C)CNCC1CCCN1Cc1ncnn1CC(C)C. The highest BCUT2D eigenvalue weighted by molar-refractivity contribution is 4.90. The number of nitrogens with zero attached hydrogens (tertiary/aromatic N) is 4. The van der Waals surface area contributed by atoms with Crippen LogP contribution >= 0.6 is 0 Å². The lowest BCUT2D eigenvalue weighted by molar-refractivity contribution is 0.226. The fraction of sp³-hybridized carbons (Fsp3) is 0.875. The van der Waals surface area contributed by atoms with Crippen molar-refractivity contribution in [3.05, 3.63) is 12.2 Å². The molecule has 1 N–H and O–H groups in total. The van der Waals surface area contributed by atoms with Crippen LogP contribution in [0.25, 0.3) is 0 Å². The molecule has 0 radical (unpaired) electrons. The van der Waals surface area contributed by atoms with Crippen LogP contribution in [-0.4, -0.2) is 45.3 Å². The summed E-state index contributed by atoms with van der Waals surface area (Å²) in [5.74, 6) is 2.43. The van der Waals surface area contributed by atoms with E-state index in [1.54, 1.807) is 6.33 Å². The van der Waals surface area contributed by atoms with E-state index in [1.165, 1.54) is 19.4 Å². The molecule has 0 aromatic carbocycles. The minimum absolute atomic E-state index is 0.604. The summed E-state index contributed by atoms with van der Waals surface area (Å²) in [5.41, 5.74) is 0. The summed E-state index contributed by atoms with van der Waals surface area (Å²) < 4.78 is 2.07. The first-order valence-electron chi connectivity index (χ1n) is 8.37. The third-order valence-corrected chi connectivity index (χ3v) is 4.01. The van der Waals surface area contributed by atoms with Gasteiger partial charge in [0.15, 0.2) is 0 Å². The van der Waals surface area contributed by atoms with Crippen LogP contribution in [0.15, 0.2) is 6.33 Å². The molecule has 1 fully saturated rings. The molecule has 2 heterocycles. The Morgan fingerprint density at radius 2 is 2.10 bits per heavy atom. The molecule has 0 aliphatic carbocycles. The van der Waals surface area contributed by atoms with Crippen LogP contribution in [0.4, 0.5) is 0 Å². The van der Waals surface area contributed by atoms with Gasteiger partial charge in [0.25, 0.3) is 0 Å². The van der Waals surface area contributed by atoms with Crippen LogP contribution < -0.4 is 5.32 Å². The molecule has 1 aromatic rings. The van der Waals surface area contributed by atoms with Crippen molar-refractivity contribution in [1.82, 2.24) is 25.0 Å². The summed E-state index contributed by atoms with van der Waals surface area (Å²) in [7, 11) is 0. The van der Waals surface area contributed by atoms with E-state index in [2.05, 4.69) is 52.7 Å². The van der Waals surface area contributed by atoms with Crippen molar-refractivity contribution in [2.75, 3.05) is 19.6 Å². The van der Waals surface area contributed by atoms with Crippen LogP contribution in [0.1, 0.15) is 46.4 Å². The van der Waals surface area contributed by atoms with Crippen LogP contribution in [0.2, 0.25) is 0 Å². The highest BCUT2D eigenvalue weighted by Gasteiger charge is 2.25. The van der Waals surface area contributed by atoms with Crippen LogP contribution in [-0.2, 0) is 13.1 Å². The standard InChI is InChI=1S/C16H31N5/c1-13(2)8-17-9-15-6-5-7-20(15)11-16-18-12-19-21(16)10-14(3)4/h12-15,17H,5-11H2,1-4H3. The molecule has 1 atom stereocenters. The van der Waals surface area contributed by atoms with Gasteiger partial charge in [-0.25, -0.2) is 9.67 Å². The molecule has 5 heteroatoms. The molecule has 120 valence electrons. The van der Waals surface area contributed by atoms with E-state index in [-0.39, 0.29) is 0 Å². The molecule has 1 unspecified atom stereocenters. The monoisotopic (exact) mass is 293 g/mol. The average molecular weight is 293 g/mol. The van der Waals surface area contributed by atoms with Crippen molar-refractivity contribution >= 4 is 0 Å². The predicted molar refractivity (Wildman–Crippen MR) is 86.0 cm³/mol. The smallest absolute Gasteiger partial charge is 0.141 e. The van der Waals surface area contributed by atoms with Crippen molar-refractivity contribution in [2.45, 2.75) is 59.7 Å². The molecule has 5 nitrogen and oxygen atoms in total. The van der Waals surface area contributed by atoms with Gasteiger partial charge in [-0.1, -0.05) is 27.7 Å². The second-order valence-corrected chi connectivity index (χ2v) is 7.07. The average Bonchev–Trinajstić information content (AvgIpc) is 3.00. The van der Waals surface area contributed by atoms with Crippen LogP contribution in [0.5, 0.6) is 0 Å². The minimum atomic E-state index is 0.604. The van der Waals surface area contributed by atoms with Crippen LogP contribution in [0.3, 0.4) is 0 Å². The fourth-order valence-electron chi connectivity index (χ4n) is 2.96. The molecular formula is C16H31N5. The van der Waals surface area contributed by atoms with Crippen molar-refractivity contribution in [2.24, 2.45) is 11.8 Å². The second kappa shape index (κ2) is 7.90. The van der Waals surface area contributed by atoms with Gasteiger partial charge >= 0.3 is 0 Å². The van der Waals surface area contributed by atoms with Crippen molar-refractivity contribution in [3.63, 3.8) is 0 Å². The summed E-state index contributed by atoms with van der Waals surface area (Å²) in [5, 5.41) is 7.97. The van der Waals surface area contributed by atoms with E-state index in [0.29, 0.717) is 17.9 Å². The zero-order valence-electron chi connectivity index (χ0n) is 14.0. The molecule has 21 heavy (non-hydrogen) atoms. The van der Waals surface area contributed by atoms with Crippen molar-refractivity contribution in [1.29, 1.82) is 0 Å². The van der Waals surface area contributed by atoms with Crippen molar-refractivity contribution < 1.29 is 0 Å². The molecule has 0 saturated carbocycles. The zero-order valence-corrected chi connectivity index (χ0v) is 14.0. The summed E-state index contributed by atoms with van der Waals surface area (Å²) in [4.78, 5) is 7.03. The van der Waals surface area contributed by atoms with Gasteiger partial charge in [-0.05, 0) is 37.8 Å². The Hall–Kier alpha value is -0.940. The van der Waals surface area contributed by atoms with E-state index in [0.717, 1.165) is 32.0 Å². The van der Waals surface area contributed by atoms with E-state index in [4.69, 9.17) is 0 Å². The number of hydrogen-bond acceptors (Lipinski definition) is 4. The normalized spacial score (nSPS) is 20.0. The summed E-state index contributed by atoms with van der Waals surface area (Å²) in [6, 6.07) is 0.646. The Morgan fingerprint density at radius 1 is 1.29 bits per heavy atom. The molecular weight excluding hydrogens is 262 g/mol. The number of hydrogen-bond donors (Lipinski definition) is 1. The van der Waals surface area contributed by atoms with Gasteiger partial charge in [-0.15, -0.1) is 0 Å². The minimum Gasteiger partial charge on any atom is -0.315 e. The highest BCUT2D eigenvalue weighted by atomic mass is 15.4. The summed E-state index contributed by atoms with van der Waals surface area (Å²) in [6.45, 7) is 14.2. The van der Waals surface area contributed by atoms with Gasteiger partial charge in [0, 0.05) is 19.1 Å². The third-order valence-electron chi connectivity index (χ3n) is 4.01. The number of nitrogens with one attached hydrogen (secondary N) is 1. The lowest BCUT2D eigenvalue weighted by Gasteiger charge is -2.25. The zero-order chi connectivity index (χ0) is 15.2. The molecule has 1 aliphatic rings. The summed E-state index contributed by atoms with van der Waals surface area (Å²) in [6.07, 6.45) is 4.29. The Kier molecular flexibility index (Phi) is 6.18. The van der Waals surface area contributed by atoms with Gasteiger partial charge in [-0.3, -0.25) is 4.90 Å². The van der Waals surface area contributed by atoms with Crippen molar-refractivity contribution in [3.8, 4) is 0 Å². The van der Waals surface area contributed by atoms with Gasteiger partial charge in [0.05, 0.1) is 6.54 Å². The van der Waals surface area contributed by atoms with E-state index >= 15 is 0 Å². The maximum atomic E-state index is 4.47. The molecule has 1 aromatic heterocycles. The topological polar surface area (TPSA) is 46.0 Å². The van der Waals surface area contributed by atoms with E-state index in [9.17, 15) is 0 Å². The second-order valence-electron chi connectivity index (χ2n) is 7.07. The van der Waals surface area contributed by atoms with E-state index in [1.807, 2.05) is 0 Å². The first-order valence-corrected chi connectivity index (χ1v) is 8.37. The van der Waals surface area contributed by atoms with Gasteiger partial charge < -0.3 is 5.32 Å². The first kappa shape index (κ1) is 16.4. The molecule has 0 spiro atoms. The van der Waals surface area contributed by atoms with Gasteiger partial charge in [0.2, 0.25) is 0 Å². The predicted octanol–water partition coefficient (Wildman–Crippen LogP) is 2.14. The molecule has 1 aliphatic heterocycles. The van der Waals surface area contributed by atoms with Gasteiger partial charge in [0.1, 0.15) is 12.2 Å². The molecule has 1 saturated heterocycles. The number of likely N-dealkylation sites (tertiary alicyclic amines) is 1. The van der Waals surface area contributed by atoms with E-state index < -0.39 is 0 Å². The van der Waals surface area contributed by atoms with Gasteiger partial charge in [-0.2, -0.15) is 5.10 Å². The molecule has 0 bridgehead atoms. The third kappa shape index (κ3) is 5.08. The Morgan fingerprint density at radius 3 is 2.81 bits per heavy atom. The Bertz CT molecular complexity index is 413. The quantitative estimate of drug-likeness (QED) is 0.798.